The molecule has 0 aromatic rings. The predicted molar refractivity (Wildman–Crippen MR) is 57.8 cm³/mol. The molecule has 0 aliphatic rings. The number of carboxylic acid groups (broad SMARTS) is 1. The Bertz CT molecular complexity index is 276. The van der Waals surface area contributed by atoms with E-state index in [9.17, 15) is 14.4 Å². The number of amides is 2. The van der Waals surface area contributed by atoms with Gasteiger partial charge in [-0.2, -0.15) is 0 Å². The SMILES string of the molecule is CC(=O)NCCC(=O)N(CC(=O)O)C(C)C. The molecule has 0 spiro atoms. The summed E-state index contributed by atoms with van der Waals surface area (Å²) in [5, 5.41) is 11.1. The summed E-state index contributed by atoms with van der Waals surface area (Å²) < 4.78 is 0. The van der Waals surface area contributed by atoms with Crippen LogP contribution < -0.4 is 5.32 Å². The van der Waals surface area contributed by atoms with E-state index in [1.54, 1.807) is 13.8 Å². The van der Waals surface area contributed by atoms with Gasteiger partial charge in [0.2, 0.25) is 11.8 Å². The van der Waals surface area contributed by atoms with Gasteiger partial charge in [0.25, 0.3) is 0 Å². The zero-order valence-electron chi connectivity index (χ0n) is 9.82. The van der Waals surface area contributed by atoms with Gasteiger partial charge in [0.15, 0.2) is 0 Å². The second-order valence-electron chi connectivity index (χ2n) is 3.74. The molecule has 0 saturated carbocycles. The summed E-state index contributed by atoms with van der Waals surface area (Å²) in [6, 6.07) is -0.166. The predicted octanol–water partition coefficient (Wildman–Crippen LogP) is -0.166. The number of carboxylic acids is 1. The molecule has 0 rings (SSSR count). The molecule has 0 aliphatic heterocycles. The number of carbonyl (C=O) groups excluding carboxylic acids is 2. The standard InChI is InChI=1S/C10H18N2O4/c1-7(2)12(6-10(15)16)9(14)4-5-11-8(3)13/h7H,4-6H2,1-3H3,(H,11,13)(H,15,16). The van der Waals surface area contributed by atoms with Crippen LogP contribution in [0.1, 0.15) is 27.2 Å². The summed E-state index contributed by atoms with van der Waals surface area (Å²) >= 11 is 0. The largest absolute Gasteiger partial charge is 0.480 e. The summed E-state index contributed by atoms with van der Waals surface area (Å²) in [5.74, 6) is -1.52. The summed E-state index contributed by atoms with van der Waals surface area (Å²) in [6.45, 7) is 4.79. The third kappa shape index (κ3) is 6.00. The lowest BCUT2D eigenvalue weighted by molar-refractivity contribution is -0.145. The normalized spacial score (nSPS) is 10.0. The number of carbonyl (C=O) groups is 3. The summed E-state index contributed by atoms with van der Waals surface area (Å²) in [7, 11) is 0. The van der Waals surface area contributed by atoms with Crippen molar-refractivity contribution in [3.05, 3.63) is 0 Å². The second-order valence-corrected chi connectivity index (χ2v) is 3.74. The highest BCUT2D eigenvalue weighted by atomic mass is 16.4. The number of nitrogens with one attached hydrogen (secondary N) is 1. The maximum Gasteiger partial charge on any atom is 0.323 e. The van der Waals surface area contributed by atoms with Crippen molar-refractivity contribution < 1.29 is 19.5 Å². The van der Waals surface area contributed by atoms with Gasteiger partial charge in [-0.1, -0.05) is 0 Å². The molecule has 0 aromatic carbocycles. The minimum atomic E-state index is -1.04. The first kappa shape index (κ1) is 14.4. The molecule has 92 valence electrons. The Balaban J connectivity index is 4.17. The van der Waals surface area contributed by atoms with E-state index in [4.69, 9.17) is 5.11 Å². The van der Waals surface area contributed by atoms with Gasteiger partial charge in [0.05, 0.1) is 0 Å². The maximum atomic E-state index is 11.6. The highest BCUT2D eigenvalue weighted by Crippen LogP contribution is 2.01. The minimum Gasteiger partial charge on any atom is -0.480 e. The van der Waals surface area contributed by atoms with Crippen LogP contribution in [-0.4, -0.2) is 46.9 Å². The smallest absolute Gasteiger partial charge is 0.323 e. The van der Waals surface area contributed by atoms with Gasteiger partial charge in [-0.25, -0.2) is 0 Å². The molecule has 0 aromatic heterocycles. The Hall–Kier alpha value is -1.59. The van der Waals surface area contributed by atoms with E-state index in [-0.39, 0.29) is 37.4 Å². The van der Waals surface area contributed by atoms with Gasteiger partial charge in [0, 0.05) is 25.9 Å². The average molecular weight is 230 g/mol. The molecular weight excluding hydrogens is 212 g/mol. The highest BCUT2D eigenvalue weighted by molar-refractivity contribution is 5.82. The topological polar surface area (TPSA) is 86.7 Å². The molecule has 16 heavy (non-hydrogen) atoms. The van der Waals surface area contributed by atoms with E-state index < -0.39 is 5.97 Å². The molecular formula is C10H18N2O4. The molecule has 0 fully saturated rings. The fourth-order valence-electron chi connectivity index (χ4n) is 1.19. The van der Waals surface area contributed by atoms with Crippen LogP contribution in [-0.2, 0) is 14.4 Å². The molecule has 0 heterocycles. The van der Waals surface area contributed by atoms with E-state index in [2.05, 4.69) is 5.32 Å². The molecule has 0 aliphatic carbocycles. The first-order valence-electron chi connectivity index (χ1n) is 5.10. The van der Waals surface area contributed by atoms with Crippen molar-refractivity contribution in [3.8, 4) is 0 Å². The Morgan fingerprint density at radius 2 is 1.88 bits per heavy atom. The van der Waals surface area contributed by atoms with Gasteiger partial charge in [-0.3, -0.25) is 14.4 Å². The first-order chi connectivity index (χ1) is 7.34. The molecule has 2 amide bonds. The van der Waals surface area contributed by atoms with Crippen molar-refractivity contribution in [2.75, 3.05) is 13.1 Å². The van der Waals surface area contributed by atoms with E-state index in [1.807, 2.05) is 0 Å². The van der Waals surface area contributed by atoms with Crippen molar-refractivity contribution in [1.29, 1.82) is 0 Å². The van der Waals surface area contributed by atoms with E-state index in [0.29, 0.717) is 0 Å². The molecule has 2 N–H and O–H groups in total. The van der Waals surface area contributed by atoms with Crippen LogP contribution >= 0.6 is 0 Å². The average Bonchev–Trinajstić information content (AvgIpc) is 2.12. The van der Waals surface area contributed by atoms with Crippen LogP contribution in [0.15, 0.2) is 0 Å². The molecule has 0 saturated heterocycles. The molecule has 0 bridgehead atoms. The van der Waals surface area contributed by atoms with E-state index in [0.717, 1.165) is 0 Å². The highest BCUT2D eigenvalue weighted by Gasteiger charge is 2.19. The number of rotatable bonds is 6. The number of aliphatic carboxylic acids is 1. The van der Waals surface area contributed by atoms with Crippen LogP contribution in [0.25, 0.3) is 0 Å². The molecule has 6 nitrogen and oxygen atoms in total. The Morgan fingerprint density at radius 3 is 2.25 bits per heavy atom. The number of hydrogen-bond acceptors (Lipinski definition) is 3. The van der Waals surface area contributed by atoms with Crippen LogP contribution in [0, 0.1) is 0 Å². The van der Waals surface area contributed by atoms with E-state index in [1.165, 1.54) is 11.8 Å². The number of nitrogens with zero attached hydrogens (tertiary/aromatic N) is 1. The lowest BCUT2D eigenvalue weighted by atomic mass is 10.2. The Morgan fingerprint density at radius 1 is 1.31 bits per heavy atom. The van der Waals surface area contributed by atoms with Gasteiger partial charge >= 0.3 is 5.97 Å². The molecule has 0 unspecified atom stereocenters. The summed E-state index contributed by atoms with van der Waals surface area (Å²) in [6.07, 6.45) is 0.116. The fraction of sp³-hybridized carbons (Fsp3) is 0.700. The van der Waals surface area contributed by atoms with Crippen LogP contribution in [0.2, 0.25) is 0 Å². The molecule has 6 heteroatoms. The van der Waals surface area contributed by atoms with Crippen molar-refractivity contribution >= 4 is 17.8 Å². The third-order valence-electron chi connectivity index (χ3n) is 1.96. The maximum absolute atomic E-state index is 11.6. The number of hydrogen-bond donors (Lipinski definition) is 2. The molecule has 0 radical (unpaired) electrons. The van der Waals surface area contributed by atoms with Crippen LogP contribution in [0.5, 0.6) is 0 Å². The minimum absolute atomic E-state index is 0.116. The fourth-order valence-corrected chi connectivity index (χ4v) is 1.19. The van der Waals surface area contributed by atoms with Crippen molar-refractivity contribution in [2.24, 2.45) is 0 Å². The quantitative estimate of drug-likeness (QED) is 0.663. The van der Waals surface area contributed by atoms with Gasteiger partial charge in [-0.05, 0) is 13.8 Å². The summed E-state index contributed by atoms with van der Waals surface area (Å²) in [5.41, 5.74) is 0. The Kier molecular flexibility index (Phi) is 6.14. The third-order valence-corrected chi connectivity index (χ3v) is 1.96. The summed E-state index contributed by atoms with van der Waals surface area (Å²) in [4.78, 5) is 34.0. The molecule has 0 atom stereocenters. The van der Waals surface area contributed by atoms with Crippen LogP contribution in [0.3, 0.4) is 0 Å². The lowest BCUT2D eigenvalue weighted by Crippen LogP contribution is -2.41. The lowest BCUT2D eigenvalue weighted by Gasteiger charge is -2.24. The van der Waals surface area contributed by atoms with Crippen molar-refractivity contribution in [2.45, 2.75) is 33.2 Å². The van der Waals surface area contributed by atoms with Crippen LogP contribution in [0.4, 0.5) is 0 Å². The first-order valence-corrected chi connectivity index (χ1v) is 5.10. The van der Waals surface area contributed by atoms with E-state index >= 15 is 0 Å². The van der Waals surface area contributed by atoms with Gasteiger partial charge < -0.3 is 15.3 Å². The van der Waals surface area contributed by atoms with Crippen molar-refractivity contribution in [3.63, 3.8) is 0 Å². The van der Waals surface area contributed by atoms with Gasteiger partial charge in [0.1, 0.15) is 6.54 Å². The van der Waals surface area contributed by atoms with Crippen molar-refractivity contribution in [1.82, 2.24) is 10.2 Å². The zero-order valence-corrected chi connectivity index (χ0v) is 9.82. The zero-order chi connectivity index (χ0) is 12.7. The Labute approximate surface area is 94.6 Å². The van der Waals surface area contributed by atoms with Gasteiger partial charge in [-0.15, -0.1) is 0 Å². The monoisotopic (exact) mass is 230 g/mol. The second kappa shape index (κ2) is 6.81.